The Labute approximate surface area is 204 Å². The van der Waals surface area contributed by atoms with E-state index in [1.54, 1.807) is 20.0 Å². The Kier molecular flexibility index (Phi) is 7.90. The summed E-state index contributed by atoms with van der Waals surface area (Å²) in [6.07, 6.45) is 0. The molecule has 0 aliphatic heterocycles. The number of benzene rings is 3. The molecule has 180 valence electrons. The summed E-state index contributed by atoms with van der Waals surface area (Å²) in [5.74, 6) is 0.965. The zero-order chi connectivity index (χ0) is 24.6. The molecule has 0 bridgehead atoms. The predicted octanol–water partition coefficient (Wildman–Crippen LogP) is 4.08. The fourth-order valence-corrected chi connectivity index (χ4v) is 3.93. The van der Waals surface area contributed by atoms with Crippen LogP contribution in [-0.2, 0) is 36.3 Å². The van der Waals surface area contributed by atoms with Crippen LogP contribution in [0.25, 0.3) is 10.9 Å². The first-order valence-electron chi connectivity index (χ1n) is 11.6. The van der Waals surface area contributed by atoms with Gasteiger partial charge in [0.1, 0.15) is 18.2 Å². The minimum atomic E-state index is -0.251. The summed E-state index contributed by atoms with van der Waals surface area (Å²) in [5, 5.41) is 0.584. The van der Waals surface area contributed by atoms with Gasteiger partial charge >= 0.3 is 5.97 Å². The van der Waals surface area contributed by atoms with Crippen molar-refractivity contribution in [2.75, 3.05) is 13.2 Å². The van der Waals surface area contributed by atoms with Crippen molar-refractivity contribution in [1.82, 2.24) is 14.5 Å². The van der Waals surface area contributed by atoms with E-state index in [-0.39, 0.29) is 24.7 Å². The molecular formula is C28H29N3O4. The minimum absolute atomic E-state index is 0.0986. The number of para-hydroxylation sites is 1. The van der Waals surface area contributed by atoms with E-state index in [1.807, 2.05) is 77.7 Å². The van der Waals surface area contributed by atoms with Crippen molar-refractivity contribution in [1.29, 1.82) is 0 Å². The Hall–Kier alpha value is -3.97. The van der Waals surface area contributed by atoms with E-state index in [2.05, 4.69) is 4.98 Å². The summed E-state index contributed by atoms with van der Waals surface area (Å²) in [7, 11) is 1.70. The van der Waals surface area contributed by atoms with Gasteiger partial charge in [0.2, 0.25) is 0 Å². The molecule has 0 fully saturated rings. The van der Waals surface area contributed by atoms with E-state index in [1.165, 1.54) is 4.57 Å². The topological polar surface area (TPSA) is 73.7 Å². The van der Waals surface area contributed by atoms with Gasteiger partial charge in [0.15, 0.2) is 0 Å². The van der Waals surface area contributed by atoms with Gasteiger partial charge in [-0.25, -0.2) is 4.98 Å². The van der Waals surface area contributed by atoms with Gasteiger partial charge in [-0.1, -0.05) is 54.6 Å². The Balaban J connectivity index is 1.48. The maximum Gasteiger partial charge on any atom is 0.320 e. The molecule has 7 nitrogen and oxygen atoms in total. The third-order valence-electron chi connectivity index (χ3n) is 5.66. The molecule has 35 heavy (non-hydrogen) atoms. The predicted molar refractivity (Wildman–Crippen MR) is 135 cm³/mol. The number of hydrogen-bond acceptors (Lipinski definition) is 6. The highest BCUT2D eigenvalue weighted by molar-refractivity contribution is 5.77. The van der Waals surface area contributed by atoms with Crippen molar-refractivity contribution in [2.24, 2.45) is 7.05 Å². The number of carbonyl (C=O) groups is 1. The molecule has 1 heterocycles. The monoisotopic (exact) mass is 471 g/mol. The molecule has 0 saturated heterocycles. The molecule has 0 saturated carbocycles. The van der Waals surface area contributed by atoms with Gasteiger partial charge in [-0.05, 0) is 42.3 Å². The molecule has 0 amide bonds. The summed E-state index contributed by atoms with van der Waals surface area (Å²) in [6.45, 7) is 3.69. The van der Waals surface area contributed by atoms with Crippen LogP contribution in [-0.4, -0.2) is 33.6 Å². The smallest absolute Gasteiger partial charge is 0.320 e. The second-order valence-electron chi connectivity index (χ2n) is 8.28. The Morgan fingerprint density at radius 2 is 1.66 bits per heavy atom. The van der Waals surface area contributed by atoms with Crippen molar-refractivity contribution in [3.63, 3.8) is 0 Å². The first kappa shape index (κ1) is 24.2. The van der Waals surface area contributed by atoms with Crippen LogP contribution in [0.1, 0.15) is 23.9 Å². The Morgan fingerprint density at radius 1 is 0.943 bits per heavy atom. The van der Waals surface area contributed by atoms with E-state index in [0.717, 1.165) is 11.1 Å². The van der Waals surface area contributed by atoms with Gasteiger partial charge in [-0.15, -0.1) is 0 Å². The largest absolute Gasteiger partial charge is 0.486 e. The Bertz CT molecular complexity index is 1350. The fraction of sp³-hybridized carbons (Fsp3) is 0.250. The highest BCUT2D eigenvalue weighted by atomic mass is 16.5. The van der Waals surface area contributed by atoms with Crippen LogP contribution in [0.15, 0.2) is 83.7 Å². The fourth-order valence-electron chi connectivity index (χ4n) is 3.93. The van der Waals surface area contributed by atoms with Crippen molar-refractivity contribution in [3.8, 4) is 5.75 Å². The molecular weight excluding hydrogens is 442 g/mol. The highest BCUT2D eigenvalue weighted by Gasteiger charge is 2.14. The summed E-state index contributed by atoms with van der Waals surface area (Å²) in [5.41, 5.74) is 2.67. The van der Waals surface area contributed by atoms with Gasteiger partial charge in [-0.3, -0.25) is 19.1 Å². The molecule has 4 aromatic rings. The average Bonchev–Trinajstić information content (AvgIpc) is 2.86. The molecule has 0 unspecified atom stereocenters. The third kappa shape index (κ3) is 6.33. The number of hydrogen-bond donors (Lipinski definition) is 0. The second kappa shape index (κ2) is 11.4. The van der Waals surface area contributed by atoms with Crippen LogP contribution in [0, 0.1) is 0 Å². The van der Waals surface area contributed by atoms with Crippen molar-refractivity contribution >= 4 is 16.9 Å². The maximum atomic E-state index is 12.6. The zero-order valence-corrected chi connectivity index (χ0v) is 20.0. The summed E-state index contributed by atoms with van der Waals surface area (Å²) >= 11 is 0. The zero-order valence-electron chi connectivity index (χ0n) is 20.0. The number of nitrogens with zero attached hydrogens (tertiary/aromatic N) is 3. The summed E-state index contributed by atoms with van der Waals surface area (Å²) in [4.78, 5) is 31.5. The van der Waals surface area contributed by atoms with Gasteiger partial charge < -0.3 is 9.47 Å². The first-order chi connectivity index (χ1) is 17.0. The molecule has 1 aromatic heterocycles. The van der Waals surface area contributed by atoms with Crippen LogP contribution in [0.2, 0.25) is 0 Å². The van der Waals surface area contributed by atoms with Crippen LogP contribution >= 0.6 is 0 Å². The van der Waals surface area contributed by atoms with E-state index in [4.69, 9.17) is 9.47 Å². The number of fused-ring (bicyclic) bond motifs is 1. The number of ether oxygens (including phenoxy) is 2. The number of aromatic nitrogens is 2. The molecule has 4 rings (SSSR count). The van der Waals surface area contributed by atoms with Gasteiger partial charge in [-0.2, -0.15) is 0 Å². The molecule has 3 aromatic carbocycles. The number of esters is 1. The van der Waals surface area contributed by atoms with E-state index in [0.29, 0.717) is 42.2 Å². The van der Waals surface area contributed by atoms with Crippen LogP contribution in [0.3, 0.4) is 0 Å². The molecule has 0 aliphatic carbocycles. The second-order valence-corrected chi connectivity index (χ2v) is 8.28. The molecule has 0 radical (unpaired) electrons. The lowest BCUT2D eigenvalue weighted by atomic mass is 10.1. The molecule has 0 spiro atoms. The summed E-state index contributed by atoms with van der Waals surface area (Å²) < 4.78 is 12.7. The SMILES string of the molecule is CCOC(=O)CN(Cc1ccccc1)Cc1cccc(OCc2nc3ccccc3c(=O)n2C)c1. The van der Waals surface area contributed by atoms with Crippen LogP contribution in [0.5, 0.6) is 5.75 Å². The highest BCUT2D eigenvalue weighted by Crippen LogP contribution is 2.18. The van der Waals surface area contributed by atoms with E-state index >= 15 is 0 Å². The summed E-state index contributed by atoms with van der Waals surface area (Å²) in [6, 6.07) is 25.1. The number of carbonyl (C=O) groups excluding carboxylic acids is 1. The van der Waals surface area contributed by atoms with Gasteiger partial charge in [0.25, 0.3) is 5.56 Å². The Morgan fingerprint density at radius 3 is 2.46 bits per heavy atom. The third-order valence-corrected chi connectivity index (χ3v) is 5.66. The van der Waals surface area contributed by atoms with Crippen molar-refractivity contribution in [3.05, 3.63) is 106 Å². The lowest BCUT2D eigenvalue weighted by Crippen LogP contribution is -2.30. The average molecular weight is 472 g/mol. The number of rotatable bonds is 10. The standard InChI is InChI=1S/C28H29N3O4/c1-3-34-27(32)19-31(17-21-10-5-4-6-11-21)18-22-12-9-13-23(16-22)35-20-26-29-25-15-8-7-14-24(25)28(33)30(26)2/h4-16H,3,17-20H2,1-2H3. The lowest BCUT2D eigenvalue weighted by molar-refractivity contribution is -0.144. The molecule has 7 heteroatoms. The van der Waals surface area contributed by atoms with Crippen molar-refractivity contribution < 1.29 is 14.3 Å². The normalized spacial score (nSPS) is 11.1. The molecule has 0 N–H and O–H groups in total. The molecule has 0 atom stereocenters. The first-order valence-corrected chi connectivity index (χ1v) is 11.6. The van der Waals surface area contributed by atoms with Crippen molar-refractivity contribution in [2.45, 2.75) is 26.6 Å². The van der Waals surface area contributed by atoms with Crippen LogP contribution in [0.4, 0.5) is 0 Å². The molecule has 0 aliphatic rings. The van der Waals surface area contributed by atoms with Gasteiger partial charge in [0.05, 0.1) is 24.1 Å². The lowest BCUT2D eigenvalue weighted by Gasteiger charge is -2.22. The van der Waals surface area contributed by atoms with Crippen LogP contribution < -0.4 is 10.3 Å². The van der Waals surface area contributed by atoms with E-state index < -0.39 is 0 Å². The van der Waals surface area contributed by atoms with E-state index in [9.17, 15) is 9.59 Å². The quantitative estimate of drug-likeness (QED) is 0.325. The van der Waals surface area contributed by atoms with Gasteiger partial charge in [0, 0.05) is 20.1 Å². The minimum Gasteiger partial charge on any atom is -0.486 e. The maximum absolute atomic E-state index is 12.6.